The van der Waals surface area contributed by atoms with Crippen LogP contribution in [0, 0.1) is 0 Å². The van der Waals surface area contributed by atoms with Gasteiger partial charge in [0.25, 0.3) is 0 Å². The maximum absolute atomic E-state index is 12.7. The van der Waals surface area contributed by atoms with E-state index in [1.807, 2.05) is 0 Å². The fraction of sp³-hybridized carbons (Fsp3) is 0.242. The second-order valence-electron chi connectivity index (χ2n) is 9.44. The van der Waals surface area contributed by atoms with E-state index in [-0.39, 0.29) is 17.5 Å². The van der Waals surface area contributed by atoms with Gasteiger partial charge in [-0.15, -0.1) is 0 Å². The monoisotopic (exact) mass is 596 g/mol. The minimum absolute atomic E-state index is 0.189. The van der Waals surface area contributed by atoms with Crippen molar-refractivity contribution in [2.24, 2.45) is 0 Å². The summed E-state index contributed by atoms with van der Waals surface area (Å²) in [5.41, 5.74) is 0.327. The lowest BCUT2D eigenvalue weighted by molar-refractivity contribution is -0.139. The normalized spacial score (nSPS) is 11.2. The molecule has 0 heterocycles. The summed E-state index contributed by atoms with van der Waals surface area (Å²) in [6, 6.07) is 16.7. The third-order valence-corrected chi connectivity index (χ3v) is 5.88. The molecule has 0 N–H and O–H groups in total. The number of hydrogen-bond donors (Lipinski definition) is 0. The molecular formula is C33H31F3O7. The number of carbonyl (C=O) groups excluding carboxylic acids is 3. The number of hydrogen-bond acceptors (Lipinski definition) is 7. The lowest BCUT2D eigenvalue weighted by Gasteiger charge is -2.08. The molecule has 0 aromatic heterocycles. The minimum Gasteiger partial charge on any atom is -0.494 e. The molecule has 0 radical (unpaired) electrons. The summed E-state index contributed by atoms with van der Waals surface area (Å²) in [7, 11) is 0. The Morgan fingerprint density at radius 1 is 0.744 bits per heavy atom. The molecule has 43 heavy (non-hydrogen) atoms. The predicted octanol–water partition coefficient (Wildman–Crippen LogP) is 7.60. The molecule has 0 saturated heterocycles. The van der Waals surface area contributed by atoms with Gasteiger partial charge in [0.2, 0.25) is 0 Å². The van der Waals surface area contributed by atoms with Crippen LogP contribution in [0.4, 0.5) is 13.2 Å². The molecule has 0 aliphatic rings. The van der Waals surface area contributed by atoms with Crippen LogP contribution in [-0.2, 0) is 20.5 Å². The second-order valence-corrected chi connectivity index (χ2v) is 9.44. The van der Waals surface area contributed by atoms with Gasteiger partial charge in [-0.1, -0.05) is 18.7 Å². The largest absolute Gasteiger partial charge is 0.494 e. The third kappa shape index (κ3) is 11.5. The lowest BCUT2D eigenvalue weighted by atomic mass is 10.1. The van der Waals surface area contributed by atoms with Gasteiger partial charge in [0.05, 0.1) is 24.3 Å². The van der Waals surface area contributed by atoms with Gasteiger partial charge in [-0.25, -0.2) is 14.4 Å². The summed E-state index contributed by atoms with van der Waals surface area (Å²) in [5, 5.41) is 0. The number of alkyl halides is 3. The molecule has 3 aromatic carbocycles. The first-order valence-electron chi connectivity index (χ1n) is 13.5. The maximum atomic E-state index is 12.7. The molecule has 3 aromatic rings. The van der Waals surface area contributed by atoms with E-state index < -0.39 is 23.7 Å². The van der Waals surface area contributed by atoms with Crippen molar-refractivity contribution in [3.63, 3.8) is 0 Å². The highest BCUT2D eigenvalue weighted by Crippen LogP contribution is 2.29. The fourth-order valence-corrected chi connectivity index (χ4v) is 3.56. The topological polar surface area (TPSA) is 88.1 Å². The predicted molar refractivity (Wildman–Crippen MR) is 154 cm³/mol. The van der Waals surface area contributed by atoms with Crippen molar-refractivity contribution in [1.29, 1.82) is 0 Å². The van der Waals surface area contributed by atoms with E-state index in [2.05, 4.69) is 6.58 Å². The minimum atomic E-state index is -4.44. The number of benzene rings is 3. The Morgan fingerprint density at radius 2 is 1.30 bits per heavy atom. The summed E-state index contributed by atoms with van der Waals surface area (Å²) in [5.74, 6) is -0.641. The van der Waals surface area contributed by atoms with Gasteiger partial charge >= 0.3 is 24.1 Å². The molecule has 226 valence electrons. The summed E-state index contributed by atoms with van der Waals surface area (Å²) in [6.45, 7) is 6.03. The smallest absolute Gasteiger partial charge is 0.416 e. The fourth-order valence-electron chi connectivity index (χ4n) is 3.56. The Hall–Kier alpha value is -4.86. The molecule has 0 saturated carbocycles. The van der Waals surface area contributed by atoms with Gasteiger partial charge < -0.3 is 18.9 Å². The van der Waals surface area contributed by atoms with Crippen molar-refractivity contribution in [3.05, 3.63) is 108 Å². The van der Waals surface area contributed by atoms with Crippen LogP contribution < -0.4 is 14.2 Å². The number of rotatable bonds is 14. The number of esters is 3. The van der Waals surface area contributed by atoms with Crippen LogP contribution in [0.15, 0.2) is 91.0 Å². The van der Waals surface area contributed by atoms with Gasteiger partial charge in [-0.3, -0.25) is 0 Å². The van der Waals surface area contributed by atoms with Gasteiger partial charge in [0, 0.05) is 11.6 Å². The molecular weight excluding hydrogens is 565 g/mol. The number of halogens is 3. The molecule has 0 atom stereocenters. The molecule has 10 heteroatoms. The van der Waals surface area contributed by atoms with Crippen LogP contribution >= 0.6 is 0 Å². The molecule has 0 aliphatic carbocycles. The quantitative estimate of drug-likeness (QED) is 0.0820. The molecule has 0 fully saturated rings. The Morgan fingerprint density at radius 3 is 1.88 bits per heavy atom. The van der Waals surface area contributed by atoms with Crippen molar-refractivity contribution in [2.45, 2.75) is 38.8 Å². The Kier molecular flexibility index (Phi) is 12.1. The standard InChI is InChI=1S/C33H31F3O7/c1-23(2)31(38)41-22-6-4-3-5-21-40-27-14-10-25(11-15-27)32(39)43-29-18-16-28(17-19-29)42-30(37)20-9-24-7-12-26(13-8-24)33(34,35)36/h7-20H,1,3-6,21-22H2,2H3/b20-9+. The highest BCUT2D eigenvalue weighted by Gasteiger charge is 2.29. The number of unbranched alkanes of at least 4 members (excludes halogenated alkanes) is 3. The Bertz CT molecular complexity index is 1410. The van der Waals surface area contributed by atoms with Crippen LogP contribution in [-0.4, -0.2) is 31.1 Å². The Labute approximate surface area is 247 Å². The van der Waals surface area contributed by atoms with E-state index >= 15 is 0 Å². The second kappa shape index (κ2) is 16.0. The van der Waals surface area contributed by atoms with E-state index in [1.165, 1.54) is 42.5 Å². The molecule has 7 nitrogen and oxygen atoms in total. The molecule has 0 spiro atoms. The van der Waals surface area contributed by atoms with E-state index in [0.29, 0.717) is 35.7 Å². The van der Waals surface area contributed by atoms with Gasteiger partial charge in [-0.2, -0.15) is 13.2 Å². The third-order valence-electron chi connectivity index (χ3n) is 5.88. The van der Waals surface area contributed by atoms with Crippen molar-refractivity contribution < 1.29 is 46.5 Å². The van der Waals surface area contributed by atoms with E-state index in [9.17, 15) is 27.6 Å². The van der Waals surface area contributed by atoms with Crippen LogP contribution in [0.2, 0.25) is 0 Å². The summed E-state index contributed by atoms with van der Waals surface area (Å²) < 4.78 is 59.2. The first-order chi connectivity index (χ1) is 20.5. The average Bonchev–Trinajstić information content (AvgIpc) is 2.98. The summed E-state index contributed by atoms with van der Waals surface area (Å²) in [4.78, 5) is 35.9. The van der Waals surface area contributed by atoms with Crippen molar-refractivity contribution in [2.75, 3.05) is 13.2 Å². The average molecular weight is 597 g/mol. The summed E-state index contributed by atoms with van der Waals surface area (Å²) in [6.07, 6.45) is 1.43. The van der Waals surface area contributed by atoms with Crippen molar-refractivity contribution in [1.82, 2.24) is 0 Å². The first kappa shape index (κ1) is 32.7. The highest BCUT2D eigenvalue weighted by atomic mass is 19.4. The van der Waals surface area contributed by atoms with Crippen molar-refractivity contribution >= 4 is 24.0 Å². The molecule has 3 rings (SSSR count). The van der Waals surface area contributed by atoms with Gasteiger partial charge in [0.1, 0.15) is 17.2 Å². The molecule has 0 unspecified atom stereocenters. The molecule has 0 amide bonds. The lowest BCUT2D eigenvalue weighted by Crippen LogP contribution is -2.09. The zero-order valence-electron chi connectivity index (χ0n) is 23.5. The molecule has 0 aliphatic heterocycles. The summed E-state index contributed by atoms with van der Waals surface area (Å²) >= 11 is 0. The number of carbonyl (C=O) groups is 3. The SMILES string of the molecule is C=C(C)C(=O)OCCCCCCOc1ccc(C(=O)Oc2ccc(OC(=O)/C=C/c3ccc(C(F)(F)F)cc3)cc2)cc1. The maximum Gasteiger partial charge on any atom is 0.416 e. The first-order valence-corrected chi connectivity index (χ1v) is 13.5. The zero-order valence-corrected chi connectivity index (χ0v) is 23.5. The Balaban J connectivity index is 1.37. The highest BCUT2D eigenvalue weighted by molar-refractivity contribution is 5.91. The van der Waals surface area contributed by atoms with E-state index in [4.69, 9.17) is 18.9 Å². The van der Waals surface area contributed by atoms with Gasteiger partial charge in [-0.05, 0) is 105 Å². The van der Waals surface area contributed by atoms with Gasteiger partial charge in [0.15, 0.2) is 0 Å². The van der Waals surface area contributed by atoms with Crippen molar-refractivity contribution in [3.8, 4) is 17.2 Å². The van der Waals surface area contributed by atoms with E-state index in [1.54, 1.807) is 31.2 Å². The van der Waals surface area contributed by atoms with Crippen LogP contribution in [0.25, 0.3) is 6.08 Å². The van der Waals surface area contributed by atoms with Crippen LogP contribution in [0.1, 0.15) is 54.1 Å². The zero-order chi connectivity index (χ0) is 31.2. The molecule has 0 bridgehead atoms. The van der Waals surface area contributed by atoms with Crippen LogP contribution in [0.3, 0.4) is 0 Å². The number of ether oxygens (including phenoxy) is 4. The van der Waals surface area contributed by atoms with E-state index in [0.717, 1.165) is 43.9 Å². The van der Waals surface area contributed by atoms with Crippen LogP contribution in [0.5, 0.6) is 17.2 Å².